The number of hydrogen-bond acceptors (Lipinski definition) is 7. The van der Waals surface area contributed by atoms with Crippen LogP contribution < -0.4 is 10.2 Å². The largest absolute Gasteiger partial charge is 0.379 e. The number of rotatable bonds is 10. The molecule has 2 heterocycles. The first-order valence-corrected chi connectivity index (χ1v) is 14.8. The van der Waals surface area contributed by atoms with Crippen molar-refractivity contribution in [2.45, 2.75) is 48.4 Å². The van der Waals surface area contributed by atoms with E-state index in [1.807, 2.05) is 6.19 Å². The van der Waals surface area contributed by atoms with Gasteiger partial charge in [0.2, 0.25) is 5.91 Å². The van der Waals surface area contributed by atoms with Crippen LogP contribution in [0.3, 0.4) is 0 Å². The molecule has 42 heavy (non-hydrogen) atoms. The van der Waals surface area contributed by atoms with Gasteiger partial charge in [-0.25, -0.2) is 0 Å². The van der Waals surface area contributed by atoms with Crippen molar-refractivity contribution in [2.75, 3.05) is 32.1 Å². The van der Waals surface area contributed by atoms with Crippen LogP contribution in [-0.4, -0.2) is 77.9 Å². The van der Waals surface area contributed by atoms with Gasteiger partial charge in [-0.05, 0) is 43.2 Å². The molecule has 1 aliphatic carbocycles. The number of hydrogen-bond donors (Lipinski definition) is 1. The number of benzene rings is 1. The summed E-state index contributed by atoms with van der Waals surface area (Å²) < 4.78 is 72.8. The molecule has 228 valence electrons. The first-order chi connectivity index (χ1) is 19.5. The number of likely N-dealkylation sites (N-methyl/N-ethyl adjacent to an activating group) is 1. The molecule has 1 saturated carbocycles. The van der Waals surface area contributed by atoms with E-state index >= 15 is 0 Å². The smallest absolute Gasteiger partial charge is 0.310 e. The van der Waals surface area contributed by atoms with Gasteiger partial charge in [0, 0.05) is 50.3 Å². The first kappa shape index (κ1) is 31.0. The Morgan fingerprint density at radius 3 is 2.36 bits per heavy atom. The van der Waals surface area contributed by atoms with Crippen molar-refractivity contribution in [3.8, 4) is 6.19 Å². The van der Waals surface area contributed by atoms with Crippen molar-refractivity contribution in [1.82, 2.24) is 20.1 Å². The van der Waals surface area contributed by atoms with Gasteiger partial charge in [-0.1, -0.05) is 25.5 Å². The van der Waals surface area contributed by atoms with Crippen molar-refractivity contribution in [1.29, 1.82) is 5.26 Å². The fourth-order valence-electron chi connectivity index (χ4n) is 4.68. The standard InChI is InChI=1S/C26H29F5N6O4S/c1-35(15-23(38)34-18-5-6-18)26(40)24(17-4-3-11-33-13-17)37(25(39)22-12-20(41-2)14-36(22)16-32)19-7-9-21(10-8-19)42(27,28,29,30)31/h3-4,7-11,13,18,20,22,24H,5-6,12,14-15H2,1-2H3,(H,34,38). The van der Waals surface area contributed by atoms with Crippen LogP contribution in [0.2, 0.25) is 0 Å². The number of halogens is 5. The summed E-state index contributed by atoms with van der Waals surface area (Å²) >= 11 is 0. The first-order valence-electron chi connectivity index (χ1n) is 12.8. The van der Waals surface area contributed by atoms with Gasteiger partial charge in [-0.15, -0.1) is 0 Å². The summed E-state index contributed by atoms with van der Waals surface area (Å²) in [6.07, 6.45) is 5.62. The number of ether oxygens (including phenoxy) is 1. The zero-order chi connectivity index (χ0) is 30.9. The molecule has 0 bridgehead atoms. The normalized spacial score (nSPS) is 21.0. The van der Waals surface area contributed by atoms with Crippen LogP contribution in [0.4, 0.5) is 25.1 Å². The number of nitriles is 1. The van der Waals surface area contributed by atoms with E-state index in [2.05, 4.69) is 10.3 Å². The Morgan fingerprint density at radius 1 is 1.17 bits per heavy atom. The summed E-state index contributed by atoms with van der Waals surface area (Å²) in [6, 6.07) is 1.77. The number of carbonyl (C=O) groups is 3. The lowest BCUT2D eigenvalue weighted by Gasteiger charge is -2.41. The van der Waals surface area contributed by atoms with Crippen molar-refractivity contribution < 1.29 is 38.5 Å². The van der Waals surface area contributed by atoms with E-state index in [4.69, 9.17) is 4.74 Å². The van der Waals surface area contributed by atoms with Gasteiger partial charge in [0.15, 0.2) is 6.19 Å². The van der Waals surface area contributed by atoms with Crippen molar-refractivity contribution in [3.05, 3.63) is 54.4 Å². The summed E-state index contributed by atoms with van der Waals surface area (Å²) in [5.41, 5.74) is -0.186. The molecule has 3 amide bonds. The average molecular weight is 617 g/mol. The maximum atomic E-state index is 14.1. The Kier molecular flexibility index (Phi) is 7.89. The molecule has 2 aliphatic rings. The fourth-order valence-corrected chi connectivity index (χ4v) is 5.33. The van der Waals surface area contributed by atoms with Gasteiger partial charge in [0.1, 0.15) is 17.0 Å². The van der Waals surface area contributed by atoms with Gasteiger partial charge in [0.25, 0.3) is 11.8 Å². The second-order valence-electron chi connectivity index (χ2n) is 10.3. The van der Waals surface area contributed by atoms with Gasteiger partial charge in [0.05, 0.1) is 19.2 Å². The van der Waals surface area contributed by atoms with E-state index in [0.717, 1.165) is 27.5 Å². The number of anilines is 1. The Balaban J connectivity index is 1.81. The predicted molar refractivity (Wildman–Crippen MR) is 143 cm³/mol. The number of methoxy groups -OCH3 is 1. The molecule has 16 heteroatoms. The molecule has 3 atom stereocenters. The second-order valence-corrected chi connectivity index (χ2v) is 12.7. The van der Waals surface area contributed by atoms with Crippen molar-refractivity contribution >= 4 is 33.6 Å². The van der Waals surface area contributed by atoms with E-state index in [1.165, 1.54) is 38.7 Å². The Hall–Kier alpha value is -3.97. The van der Waals surface area contributed by atoms with E-state index in [0.29, 0.717) is 12.1 Å². The molecule has 0 spiro atoms. The quantitative estimate of drug-likeness (QED) is 0.315. The van der Waals surface area contributed by atoms with Crippen LogP contribution >= 0.6 is 10.2 Å². The van der Waals surface area contributed by atoms with Crippen molar-refractivity contribution in [3.63, 3.8) is 0 Å². The summed E-state index contributed by atoms with van der Waals surface area (Å²) in [6.45, 7) is -0.357. The lowest BCUT2D eigenvalue weighted by molar-refractivity contribution is -0.137. The van der Waals surface area contributed by atoms with Gasteiger partial charge < -0.3 is 15.0 Å². The van der Waals surface area contributed by atoms with Gasteiger partial charge >= 0.3 is 10.2 Å². The topological polar surface area (TPSA) is 119 Å². The monoisotopic (exact) mass is 616 g/mol. The number of aromatic nitrogens is 1. The summed E-state index contributed by atoms with van der Waals surface area (Å²) in [5, 5.41) is 12.4. The Morgan fingerprint density at radius 2 is 1.83 bits per heavy atom. The molecule has 3 unspecified atom stereocenters. The van der Waals surface area contributed by atoms with Crippen LogP contribution in [0.15, 0.2) is 53.7 Å². The van der Waals surface area contributed by atoms with Crippen LogP contribution in [0, 0.1) is 11.5 Å². The number of amides is 3. The van der Waals surface area contributed by atoms with E-state index < -0.39 is 57.6 Å². The van der Waals surface area contributed by atoms with E-state index in [1.54, 1.807) is 0 Å². The molecule has 1 aromatic heterocycles. The number of likely N-dealkylation sites (tertiary alicyclic amines) is 1. The minimum absolute atomic E-state index is 0.00835. The highest BCUT2D eigenvalue weighted by atomic mass is 32.5. The number of nitrogens with one attached hydrogen (secondary N) is 1. The average Bonchev–Trinajstić information content (AvgIpc) is 3.64. The lowest BCUT2D eigenvalue weighted by Crippen LogP contribution is -2.51. The summed E-state index contributed by atoms with van der Waals surface area (Å²) in [4.78, 5) is 45.4. The molecule has 0 radical (unpaired) electrons. The minimum atomic E-state index is -10.1. The zero-order valence-corrected chi connectivity index (χ0v) is 23.4. The highest BCUT2D eigenvalue weighted by Gasteiger charge is 2.65. The predicted octanol–water partition coefficient (Wildman–Crippen LogP) is 4.12. The molecule has 1 aliphatic heterocycles. The van der Waals surface area contributed by atoms with Crippen LogP contribution in [-0.2, 0) is 19.1 Å². The highest BCUT2D eigenvalue weighted by Crippen LogP contribution is 3.02. The van der Waals surface area contributed by atoms with Crippen LogP contribution in [0.25, 0.3) is 0 Å². The molecular weight excluding hydrogens is 587 g/mol. The fraction of sp³-hybridized carbons (Fsp3) is 0.423. The molecular formula is C26H29F5N6O4S. The molecule has 1 N–H and O–H groups in total. The minimum Gasteiger partial charge on any atom is -0.379 e. The third-order valence-electron chi connectivity index (χ3n) is 7.00. The number of carbonyl (C=O) groups excluding carboxylic acids is 3. The maximum absolute atomic E-state index is 14.1. The molecule has 2 aromatic rings. The Labute approximate surface area is 238 Å². The summed E-state index contributed by atoms with van der Waals surface area (Å²) in [7, 11) is -7.36. The third kappa shape index (κ3) is 7.08. The van der Waals surface area contributed by atoms with Crippen molar-refractivity contribution in [2.24, 2.45) is 0 Å². The van der Waals surface area contributed by atoms with E-state index in [9.17, 15) is 39.1 Å². The lowest BCUT2D eigenvalue weighted by atomic mass is 10.0. The maximum Gasteiger partial charge on any atom is 0.310 e. The number of pyridine rings is 1. The zero-order valence-electron chi connectivity index (χ0n) is 22.6. The van der Waals surface area contributed by atoms with Crippen LogP contribution in [0.1, 0.15) is 30.9 Å². The summed E-state index contributed by atoms with van der Waals surface area (Å²) in [5.74, 6) is -2.12. The molecule has 10 nitrogen and oxygen atoms in total. The van der Waals surface area contributed by atoms with E-state index in [-0.39, 0.29) is 42.4 Å². The molecule has 2 fully saturated rings. The molecule has 1 saturated heterocycles. The molecule has 1 aromatic carbocycles. The van der Waals surface area contributed by atoms with Crippen LogP contribution in [0.5, 0.6) is 0 Å². The third-order valence-corrected chi connectivity index (χ3v) is 8.16. The molecule has 4 rings (SSSR count). The number of nitrogens with zero attached hydrogens (tertiary/aromatic N) is 5. The van der Waals surface area contributed by atoms with Gasteiger partial charge in [-0.2, -0.15) is 5.26 Å². The SMILES string of the molecule is COC1CC(C(=O)N(c2ccc(S(F)(F)(F)(F)F)cc2)C(C(=O)N(C)CC(=O)NC2CC2)c2cccnc2)N(C#N)C1. The Bertz CT molecular complexity index is 1390. The highest BCUT2D eigenvalue weighted by molar-refractivity contribution is 8.45. The van der Waals surface area contributed by atoms with Gasteiger partial charge in [-0.3, -0.25) is 29.2 Å². The second kappa shape index (κ2) is 10.7.